The minimum Gasteiger partial charge on any atom is -0.347 e. The second-order valence-corrected chi connectivity index (χ2v) is 8.20. The summed E-state index contributed by atoms with van der Waals surface area (Å²) in [5.41, 5.74) is 0.331. The maximum absolute atomic E-state index is 14.9. The third-order valence-corrected chi connectivity index (χ3v) is 6.20. The molecule has 0 bridgehead atoms. The van der Waals surface area contributed by atoms with Gasteiger partial charge in [-0.15, -0.1) is 5.10 Å². The Balaban J connectivity index is 1.38. The number of pyridine rings is 1. The Kier molecular flexibility index (Phi) is 5.16. The molecule has 1 fully saturated rings. The van der Waals surface area contributed by atoms with E-state index in [1.807, 2.05) is 4.90 Å². The highest BCUT2D eigenvalue weighted by Gasteiger charge is 2.31. The van der Waals surface area contributed by atoms with Crippen molar-refractivity contribution in [1.82, 2.24) is 24.0 Å². The average molecular weight is 463 g/mol. The van der Waals surface area contributed by atoms with E-state index < -0.39 is 29.7 Å². The molecular weight excluding hydrogens is 446 g/mol. The molecule has 4 aromatic rings. The number of fused-ring (bicyclic) bond motifs is 1. The SMILES string of the molecule is Cc1nsc(N2CC[C@@H](Nc3nc4c(-c5ccc(F)c(F)c5F)cccn4n3)[C@@H](F)C2)n1. The van der Waals surface area contributed by atoms with Crippen molar-refractivity contribution in [2.75, 3.05) is 23.3 Å². The maximum Gasteiger partial charge on any atom is 0.243 e. The van der Waals surface area contributed by atoms with E-state index in [-0.39, 0.29) is 29.3 Å². The first-order valence-electron chi connectivity index (χ1n) is 9.86. The highest BCUT2D eigenvalue weighted by Crippen LogP contribution is 2.30. The maximum atomic E-state index is 14.9. The molecule has 1 N–H and O–H groups in total. The van der Waals surface area contributed by atoms with Crippen molar-refractivity contribution in [2.24, 2.45) is 0 Å². The fourth-order valence-corrected chi connectivity index (χ4v) is 4.44. The van der Waals surface area contributed by atoms with E-state index in [9.17, 15) is 17.6 Å². The van der Waals surface area contributed by atoms with Gasteiger partial charge >= 0.3 is 0 Å². The Morgan fingerprint density at radius 3 is 2.69 bits per heavy atom. The lowest BCUT2D eigenvalue weighted by Gasteiger charge is -2.34. The molecule has 0 aliphatic carbocycles. The number of hydrogen-bond acceptors (Lipinski definition) is 7. The van der Waals surface area contributed by atoms with Gasteiger partial charge in [0.15, 0.2) is 23.1 Å². The number of benzene rings is 1. The van der Waals surface area contributed by atoms with Gasteiger partial charge in [0.05, 0.1) is 12.6 Å². The van der Waals surface area contributed by atoms with E-state index in [1.165, 1.54) is 22.1 Å². The first-order valence-corrected chi connectivity index (χ1v) is 10.6. The van der Waals surface area contributed by atoms with Gasteiger partial charge in [0.2, 0.25) is 11.1 Å². The van der Waals surface area contributed by atoms with Crippen LogP contribution in [0.2, 0.25) is 0 Å². The summed E-state index contributed by atoms with van der Waals surface area (Å²) in [6.07, 6.45) is 0.866. The molecule has 4 heterocycles. The van der Waals surface area contributed by atoms with Gasteiger partial charge in [-0.2, -0.15) is 9.36 Å². The van der Waals surface area contributed by atoms with Crippen molar-refractivity contribution in [3.8, 4) is 11.1 Å². The fourth-order valence-electron chi connectivity index (χ4n) is 3.73. The molecular formula is C20H17F4N7S. The molecule has 32 heavy (non-hydrogen) atoms. The van der Waals surface area contributed by atoms with Crippen molar-refractivity contribution >= 4 is 28.3 Å². The van der Waals surface area contributed by atoms with Gasteiger partial charge in [-0.25, -0.2) is 27.1 Å². The zero-order valence-electron chi connectivity index (χ0n) is 16.8. The Morgan fingerprint density at radius 2 is 1.94 bits per heavy atom. The van der Waals surface area contributed by atoms with E-state index >= 15 is 0 Å². The van der Waals surface area contributed by atoms with E-state index in [0.717, 1.165) is 12.1 Å². The Labute approximate surface area is 183 Å². The van der Waals surface area contributed by atoms with Gasteiger partial charge in [0.25, 0.3) is 0 Å². The van der Waals surface area contributed by atoms with Crippen molar-refractivity contribution in [3.63, 3.8) is 0 Å². The van der Waals surface area contributed by atoms with E-state index in [2.05, 4.69) is 24.8 Å². The fraction of sp³-hybridized carbons (Fsp3) is 0.300. The van der Waals surface area contributed by atoms with Crippen LogP contribution in [0, 0.1) is 24.4 Å². The van der Waals surface area contributed by atoms with Crippen molar-refractivity contribution < 1.29 is 17.6 Å². The monoisotopic (exact) mass is 463 g/mol. The number of aryl methyl sites for hydroxylation is 1. The summed E-state index contributed by atoms with van der Waals surface area (Å²) in [4.78, 5) is 10.5. The van der Waals surface area contributed by atoms with Crippen molar-refractivity contribution in [3.05, 3.63) is 53.7 Å². The number of nitrogens with zero attached hydrogens (tertiary/aromatic N) is 6. The van der Waals surface area contributed by atoms with Crippen LogP contribution in [0.25, 0.3) is 16.8 Å². The summed E-state index contributed by atoms with van der Waals surface area (Å²) < 4.78 is 61.8. The van der Waals surface area contributed by atoms with Gasteiger partial charge in [-0.05, 0) is 37.6 Å². The van der Waals surface area contributed by atoms with Gasteiger partial charge in [0, 0.05) is 35.4 Å². The van der Waals surface area contributed by atoms with Crippen LogP contribution in [0.4, 0.5) is 28.6 Å². The van der Waals surface area contributed by atoms with E-state index in [1.54, 1.807) is 19.2 Å². The highest BCUT2D eigenvalue weighted by atomic mass is 32.1. The van der Waals surface area contributed by atoms with Crippen molar-refractivity contribution in [2.45, 2.75) is 25.6 Å². The van der Waals surface area contributed by atoms with E-state index in [0.29, 0.717) is 23.9 Å². The molecule has 1 aromatic carbocycles. The van der Waals surface area contributed by atoms with Gasteiger partial charge < -0.3 is 10.2 Å². The first-order chi connectivity index (χ1) is 15.4. The smallest absolute Gasteiger partial charge is 0.243 e. The normalized spacial score (nSPS) is 19.0. The third kappa shape index (κ3) is 3.64. The minimum absolute atomic E-state index is 0.141. The number of hydrogen-bond donors (Lipinski definition) is 1. The molecule has 0 unspecified atom stereocenters. The Morgan fingerprint density at radius 1 is 1.09 bits per heavy atom. The number of piperidine rings is 1. The summed E-state index contributed by atoms with van der Waals surface area (Å²) in [7, 11) is 0. The van der Waals surface area contributed by atoms with Crippen LogP contribution >= 0.6 is 11.5 Å². The largest absolute Gasteiger partial charge is 0.347 e. The second kappa shape index (κ2) is 8.01. The van der Waals surface area contributed by atoms with Crippen LogP contribution in [-0.4, -0.2) is 49.3 Å². The summed E-state index contributed by atoms with van der Waals surface area (Å²) in [6.45, 7) is 2.53. The number of alkyl halides is 1. The molecule has 2 atom stereocenters. The predicted octanol–water partition coefficient (Wildman–Crippen LogP) is 4.00. The quantitative estimate of drug-likeness (QED) is 0.364. The summed E-state index contributed by atoms with van der Waals surface area (Å²) in [5, 5.41) is 7.97. The molecule has 1 saturated heterocycles. The number of anilines is 2. The number of rotatable bonds is 4. The summed E-state index contributed by atoms with van der Waals surface area (Å²) in [5.74, 6) is -3.32. The molecule has 0 radical (unpaired) electrons. The van der Waals surface area contributed by atoms with Gasteiger partial charge in [-0.1, -0.05) is 0 Å². The van der Waals surface area contributed by atoms with E-state index in [4.69, 9.17) is 0 Å². The molecule has 0 amide bonds. The standard InChI is InChI=1S/C20H17F4N7S/c1-10-25-20(32-29-10)30-8-6-15(14(22)9-30)26-19-27-18-12(3-2-7-31(18)28-19)11-4-5-13(21)17(24)16(11)23/h2-5,7,14-15H,6,8-9H2,1H3,(H,26,28)/t14-,15+/m0/s1. The molecule has 0 saturated carbocycles. The lowest BCUT2D eigenvalue weighted by molar-refractivity contribution is 0.263. The molecule has 1 aliphatic rings. The molecule has 7 nitrogen and oxygen atoms in total. The third-order valence-electron chi connectivity index (χ3n) is 5.33. The lowest BCUT2D eigenvalue weighted by Crippen LogP contribution is -2.48. The molecule has 12 heteroatoms. The molecule has 166 valence electrons. The predicted molar refractivity (Wildman–Crippen MR) is 112 cm³/mol. The molecule has 5 rings (SSSR count). The lowest BCUT2D eigenvalue weighted by atomic mass is 10.0. The summed E-state index contributed by atoms with van der Waals surface area (Å²) in [6, 6.07) is 4.59. The molecule has 1 aliphatic heterocycles. The van der Waals surface area contributed by atoms with Gasteiger partial charge in [-0.3, -0.25) is 0 Å². The van der Waals surface area contributed by atoms with Crippen LogP contribution in [-0.2, 0) is 0 Å². The topological polar surface area (TPSA) is 71.2 Å². The first kappa shape index (κ1) is 20.6. The van der Waals surface area contributed by atoms with Crippen LogP contribution in [0.15, 0.2) is 30.5 Å². The van der Waals surface area contributed by atoms with Crippen molar-refractivity contribution in [1.29, 1.82) is 0 Å². The summed E-state index contributed by atoms with van der Waals surface area (Å²) >= 11 is 1.24. The number of halogens is 4. The van der Waals surface area contributed by atoms with Crippen LogP contribution in [0.3, 0.4) is 0 Å². The van der Waals surface area contributed by atoms with Crippen LogP contribution in [0.5, 0.6) is 0 Å². The number of nitrogens with one attached hydrogen (secondary N) is 1. The highest BCUT2D eigenvalue weighted by molar-refractivity contribution is 7.09. The minimum atomic E-state index is -1.56. The Bertz CT molecular complexity index is 1290. The molecule has 3 aromatic heterocycles. The zero-order valence-corrected chi connectivity index (χ0v) is 17.6. The van der Waals surface area contributed by atoms with Gasteiger partial charge in [0.1, 0.15) is 12.0 Å². The number of aromatic nitrogens is 5. The average Bonchev–Trinajstić information content (AvgIpc) is 3.39. The second-order valence-electron chi connectivity index (χ2n) is 7.47. The Hall–Kier alpha value is -3.28. The molecule has 0 spiro atoms. The zero-order chi connectivity index (χ0) is 22.4. The van der Waals surface area contributed by atoms with Crippen LogP contribution < -0.4 is 10.2 Å². The van der Waals surface area contributed by atoms with Crippen LogP contribution in [0.1, 0.15) is 12.2 Å².